The molecular formula is C20H25N3O4S. The predicted octanol–water partition coefficient (Wildman–Crippen LogP) is 2.36. The fourth-order valence-electron chi connectivity index (χ4n) is 2.58. The van der Waals surface area contributed by atoms with Crippen LogP contribution in [0.15, 0.2) is 48.5 Å². The second kappa shape index (κ2) is 8.88. The molecule has 2 amide bonds. The van der Waals surface area contributed by atoms with E-state index in [-0.39, 0.29) is 12.5 Å². The fourth-order valence-corrected chi connectivity index (χ4v) is 3.44. The second-order valence-corrected chi connectivity index (χ2v) is 8.52. The van der Waals surface area contributed by atoms with E-state index in [0.29, 0.717) is 16.9 Å². The number of carbonyl (C=O) groups is 2. The molecule has 0 aliphatic rings. The van der Waals surface area contributed by atoms with E-state index in [1.165, 1.54) is 29.2 Å². The van der Waals surface area contributed by atoms with Crippen LogP contribution >= 0.6 is 0 Å². The zero-order valence-electron chi connectivity index (χ0n) is 16.5. The van der Waals surface area contributed by atoms with Crippen molar-refractivity contribution in [2.45, 2.75) is 13.3 Å². The van der Waals surface area contributed by atoms with Crippen LogP contribution in [0.1, 0.15) is 22.8 Å². The number of hydrogen-bond donors (Lipinski definition) is 1. The van der Waals surface area contributed by atoms with E-state index in [1.807, 2.05) is 19.1 Å². The summed E-state index contributed by atoms with van der Waals surface area (Å²) in [6.07, 6.45) is 1.93. The molecule has 0 fully saturated rings. The van der Waals surface area contributed by atoms with Gasteiger partial charge >= 0.3 is 0 Å². The van der Waals surface area contributed by atoms with E-state index >= 15 is 0 Å². The Bertz CT molecular complexity index is 936. The van der Waals surface area contributed by atoms with Gasteiger partial charge in [0.1, 0.15) is 6.54 Å². The van der Waals surface area contributed by atoms with Crippen LogP contribution in [-0.4, -0.2) is 52.0 Å². The summed E-state index contributed by atoms with van der Waals surface area (Å²) < 4.78 is 25.4. The zero-order valence-corrected chi connectivity index (χ0v) is 17.3. The summed E-state index contributed by atoms with van der Waals surface area (Å²) in [5.41, 5.74) is 2.49. The Morgan fingerprint density at radius 1 is 0.964 bits per heavy atom. The third-order valence-electron chi connectivity index (χ3n) is 4.14. The van der Waals surface area contributed by atoms with Gasteiger partial charge in [0.15, 0.2) is 0 Å². The summed E-state index contributed by atoms with van der Waals surface area (Å²) in [7, 11) is -0.418. The number of nitrogens with one attached hydrogen (secondary N) is 1. The normalized spacial score (nSPS) is 11.0. The first-order chi connectivity index (χ1) is 13.1. The van der Waals surface area contributed by atoms with Crippen LogP contribution < -0.4 is 9.62 Å². The van der Waals surface area contributed by atoms with Crippen molar-refractivity contribution in [1.82, 2.24) is 4.90 Å². The van der Waals surface area contributed by atoms with Crippen LogP contribution in [0.25, 0.3) is 0 Å². The highest BCUT2D eigenvalue weighted by Crippen LogP contribution is 2.19. The van der Waals surface area contributed by atoms with E-state index < -0.39 is 15.9 Å². The molecule has 0 aliphatic carbocycles. The number of aryl methyl sites for hydroxylation is 1. The van der Waals surface area contributed by atoms with Crippen LogP contribution in [0.3, 0.4) is 0 Å². The lowest BCUT2D eigenvalue weighted by atomic mass is 10.1. The molecule has 0 saturated carbocycles. The first-order valence-electron chi connectivity index (χ1n) is 8.80. The molecule has 0 unspecified atom stereocenters. The second-order valence-electron chi connectivity index (χ2n) is 6.61. The van der Waals surface area contributed by atoms with Crippen LogP contribution in [0, 0.1) is 0 Å². The van der Waals surface area contributed by atoms with Gasteiger partial charge in [0, 0.05) is 25.3 Å². The van der Waals surface area contributed by atoms with Gasteiger partial charge in [-0.05, 0) is 48.4 Å². The highest BCUT2D eigenvalue weighted by Gasteiger charge is 2.21. The third-order valence-corrected chi connectivity index (χ3v) is 5.28. The molecule has 0 spiro atoms. The Morgan fingerprint density at radius 3 is 2.00 bits per heavy atom. The number of amides is 2. The van der Waals surface area contributed by atoms with E-state index in [1.54, 1.807) is 26.2 Å². The first kappa shape index (κ1) is 21.4. The lowest BCUT2D eigenvalue weighted by Crippen LogP contribution is -2.37. The van der Waals surface area contributed by atoms with Gasteiger partial charge in [-0.1, -0.05) is 19.1 Å². The number of hydrogen-bond acceptors (Lipinski definition) is 4. The van der Waals surface area contributed by atoms with Gasteiger partial charge in [-0.3, -0.25) is 13.9 Å². The Kier molecular flexibility index (Phi) is 6.80. The Morgan fingerprint density at radius 2 is 1.54 bits per heavy atom. The molecule has 2 aromatic rings. The molecule has 0 saturated heterocycles. The number of rotatable bonds is 7. The molecule has 0 aliphatic heterocycles. The van der Waals surface area contributed by atoms with Crippen molar-refractivity contribution < 1.29 is 18.0 Å². The van der Waals surface area contributed by atoms with Gasteiger partial charge in [0.2, 0.25) is 15.9 Å². The van der Waals surface area contributed by atoms with Crippen molar-refractivity contribution in [3.05, 3.63) is 59.7 Å². The van der Waals surface area contributed by atoms with Crippen LogP contribution in [0.2, 0.25) is 0 Å². The molecule has 8 heteroatoms. The van der Waals surface area contributed by atoms with Crippen molar-refractivity contribution in [3.63, 3.8) is 0 Å². The summed E-state index contributed by atoms with van der Waals surface area (Å²) in [6, 6.07) is 13.5. The summed E-state index contributed by atoms with van der Waals surface area (Å²) in [5, 5.41) is 2.70. The lowest BCUT2D eigenvalue weighted by Gasteiger charge is -2.22. The van der Waals surface area contributed by atoms with Gasteiger partial charge in [0.05, 0.1) is 11.9 Å². The minimum absolute atomic E-state index is 0.189. The van der Waals surface area contributed by atoms with Gasteiger partial charge in [-0.15, -0.1) is 0 Å². The minimum atomic E-state index is -3.69. The summed E-state index contributed by atoms with van der Waals surface area (Å²) in [6.45, 7) is 1.67. The average molecular weight is 404 g/mol. The van der Waals surface area contributed by atoms with Gasteiger partial charge in [0.25, 0.3) is 5.91 Å². The van der Waals surface area contributed by atoms with Crippen molar-refractivity contribution in [3.8, 4) is 0 Å². The van der Waals surface area contributed by atoms with Crippen LogP contribution in [0.4, 0.5) is 11.4 Å². The maximum Gasteiger partial charge on any atom is 0.253 e. The Balaban J connectivity index is 2.17. The average Bonchev–Trinajstić information content (AvgIpc) is 2.65. The number of anilines is 2. The molecule has 0 aromatic heterocycles. The summed E-state index contributed by atoms with van der Waals surface area (Å²) in [5.74, 6) is -0.645. The third kappa shape index (κ3) is 5.56. The molecule has 0 bridgehead atoms. The van der Waals surface area contributed by atoms with E-state index in [4.69, 9.17) is 0 Å². The predicted molar refractivity (Wildman–Crippen MR) is 111 cm³/mol. The minimum Gasteiger partial charge on any atom is -0.345 e. The Labute approximate surface area is 166 Å². The standard InChI is InChI=1S/C20H25N3O4S/c1-5-15-6-10-17(11-7-15)21-19(24)14-23(28(4,26)27)18-12-8-16(9-13-18)20(25)22(2)3/h6-13H,5,14H2,1-4H3,(H,21,24). The van der Waals surface area contributed by atoms with Crippen molar-refractivity contribution in [2.75, 3.05) is 36.5 Å². The molecule has 0 radical (unpaired) electrons. The van der Waals surface area contributed by atoms with Crippen molar-refractivity contribution >= 4 is 33.2 Å². The number of benzene rings is 2. The summed E-state index contributed by atoms with van der Waals surface area (Å²) in [4.78, 5) is 25.8. The number of carbonyl (C=O) groups excluding carboxylic acids is 2. The molecule has 28 heavy (non-hydrogen) atoms. The highest BCUT2D eigenvalue weighted by molar-refractivity contribution is 7.92. The molecule has 0 heterocycles. The smallest absolute Gasteiger partial charge is 0.253 e. The van der Waals surface area contributed by atoms with Gasteiger partial charge in [-0.25, -0.2) is 8.42 Å². The van der Waals surface area contributed by atoms with E-state index in [0.717, 1.165) is 22.5 Å². The SMILES string of the molecule is CCc1ccc(NC(=O)CN(c2ccc(C(=O)N(C)C)cc2)S(C)(=O)=O)cc1. The van der Waals surface area contributed by atoms with Crippen LogP contribution in [-0.2, 0) is 21.2 Å². The number of sulfonamides is 1. The first-order valence-corrected chi connectivity index (χ1v) is 10.6. The molecule has 7 nitrogen and oxygen atoms in total. The van der Waals surface area contributed by atoms with Crippen molar-refractivity contribution in [1.29, 1.82) is 0 Å². The lowest BCUT2D eigenvalue weighted by molar-refractivity contribution is -0.114. The monoisotopic (exact) mass is 403 g/mol. The highest BCUT2D eigenvalue weighted by atomic mass is 32.2. The van der Waals surface area contributed by atoms with Crippen LogP contribution in [0.5, 0.6) is 0 Å². The maximum atomic E-state index is 12.4. The molecular weight excluding hydrogens is 378 g/mol. The van der Waals surface area contributed by atoms with E-state index in [2.05, 4.69) is 5.32 Å². The van der Waals surface area contributed by atoms with Gasteiger partial charge in [-0.2, -0.15) is 0 Å². The molecule has 2 aromatic carbocycles. The molecule has 1 N–H and O–H groups in total. The molecule has 150 valence electrons. The zero-order chi connectivity index (χ0) is 20.9. The van der Waals surface area contributed by atoms with Crippen molar-refractivity contribution in [2.24, 2.45) is 0 Å². The Hall–Kier alpha value is -2.87. The quantitative estimate of drug-likeness (QED) is 0.769. The largest absolute Gasteiger partial charge is 0.345 e. The van der Waals surface area contributed by atoms with Gasteiger partial charge < -0.3 is 10.2 Å². The topological polar surface area (TPSA) is 86.8 Å². The summed E-state index contributed by atoms with van der Waals surface area (Å²) >= 11 is 0. The molecule has 0 atom stereocenters. The number of nitrogens with zero attached hydrogens (tertiary/aromatic N) is 2. The molecule has 2 rings (SSSR count). The fraction of sp³-hybridized carbons (Fsp3) is 0.300. The van der Waals surface area contributed by atoms with E-state index in [9.17, 15) is 18.0 Å². The maximum absolute atomic E-state index is 12.4.